The number of hydrogen-bond donors (Lipinski definition) is 3. The van der Waals surface area contributed by atoms with E-state index in [0.29, 0.717) is 54.3 Å². The quantitative estimate of drug-likeness (QED) is 0.338. The molecule has 4 N–H and O–H groups in total. The first-order chi connectivity index (χ1) is 21.5. The van der Waals surface area contributed by atoms with Gasteiger partial charge in [-0.3, -0.25) is 14.4 Å². The third kappa shape index (κ3) is 7.84. The van der Waals surface area contributed by atoms with Gasteiger partial charge in [-0.05, 0) is 85.2 Å². The van der Waals surface area contributed by atoms with Crippen LogP contribution in [0.5, 0.6) is 5.75 Å². The zero-order valence-corrected chi connectivity index (χ0v) is 26.8. The van der Waals surface area contributed by atoms with Crippen molar-refractivity contribution in [3.8, 4) is 5.75 Å². The van der Waals surface area contributed by atoms with E-state index in [1.165, 1.54) is 0 Å². The van der Waals surface area contributed by atoms with Gasteiger partial charge in [0.15, 0.2) is 0 Å². The van der Waals surface area contributed by atoms with Crippen LogP contribution in [0.3, 0.4) is 0 Å². The summed E-state index contributed by atoms with van der Waals surface area (Å²) in [4.78, 5) is 44.0. The Bertz CT molecular complexity index is 1520. The minimum absolute atomic E-state index is 0.0244. The Balaban J connectivity index is 1.34. The van der Waals surface area contributed by atoms with Gasteiger partial charge in [-0.2, -0.15) is 0 Å². The van der Waals surface area contributed by atoms with E-state index in [0.717, 1.165) is 36.9 Å². The van der Waals surface area contributed by atoms with Crippen LogP contribution in [-0.2, 0) is 5.41 Å². The maximum atomic E-state index is 13.5. The normalized spacial score (nSPS) is 18.7. The van der Waals surface area contributed by atoms with Crippen LogP contribution in [0.25, 0.3) is 0 Å². The lowest BCUT2D eigenvalue weighted by molar-refractivity contribution is 0.0746. The van der Waals surface area contributed by atoms with E-state index in [4.69, 9.17) is 10.5 Å². The molecule has 3 aromatic rings. The molecule has 45 heavy (non-hydrogen) atoms. The van der Waals surface area contributed by atoms with Crippen LogP contribution in [0.15, 0.2) is 66.7 Å². The van der Waals surface area contributed by atoms with Crippen LogP contribution < -0.4 is 26.0 Å². The molecule has 0 spiro atoms. The van der Waals surface area contributed by atoms with Gasteiger partial charge in [-0.1, -0.05) is 39.0 Å². The minimum atomic E-state index is -0.248. The van der Waals surface area contributed by atoms with Gasteiger partial charge in [0, 0.05) is 55.0 Å². The predicted molar refractivity (Wildman–Crippen MR) is 178 cm³/mol. The number of amides is 3. The van der Waals surface area contributed by atoms with Gasteiger partial charge in [0.1, 0.15) is 5.75 Å². The Hall–Kier alpha value is -4.37. The summed E-state index contributed by atoms with van der Waals surface area (Å²) in [5.41, 5.74) is 10.1. The Morgan fingerprint density at radius 1 is 0.800 bits per heavy atom. The lowest BCUT2D eigenvalue weighted by atomic mass is 9.86. The number of hydrogen-bond acceptors (Lipinski definition) is 6. The van der Waals surface area contributed by atoms with Crippen molar-refractivity contribution in [1.82, 2.24) is 10.2 Å². The molecule has 0 bridgehead atoms. The number of methoxy groups -OCH3 is 1. The molecule has 5 rings (SSSR count). The summed E-state index contributed by atoms with van der Waals surface area (Å²) in [6, 6.07) is 20.6. The average Bonchev–Trinajstić information content (AvgIpc) is 3.05. The van der Waals surface area contributed by atoms with Crippen LogP contribution in [0.2, 0.25) is 0 Å². The number of nitrogens with one attached hydrogen (secondary N) is 2. The zero-order valence-electron chi connectivity index (χ0n) is 26.8. The summed E-state index contributed by atoms with van der Waals surface area (Å²) in [5, 5.41) is 6.24. The first-order valence-corrected chi connectivity index (χ1v) is 15.8. The van der Waals surface area contributed by atoms with Crippen molar-refractivity contribution in [3.05, 3.63) is 89.0 Å². The molecule has 3 aromatic carbocycles. The van der Waals surface area contributed by atoms with Crippen molar-refractivity contribution in [3.63, 3.8) is 0 Å². The summed E-state index contributed by atoms with van der Waals surface area (Å²) in [6.45, 7) is 8.59. The molecule has 1 saturated heterocycles. The number of piperazine rings is 1. The Labute approximate surface area is 266 Å². The van der Waals surface area contributed by atoms with E-state index in [1.54, 1.807) is 31.4 Å². The Kier molecular flexibility index (Phi) is 9.77. The third-order valence-corrected chi connectivity index (χ3v) is 8.85. The highest BCUT2D eigenvalue weighted by atomic mass is 16.5. The molecule has 9 nitrogen and oxygen atoms in total. The molecule has 0 aromatic heterocycles. The summed E-state index contributed by atoms with van der Waals surface area (Å²) >= 11 is 0. The van der Waals surface area contributed by atoms with Crippen LogP contribution in [0.4, 0.5) is 11.4 Å². The number of nitrogens with zero attached hydrogens (tertiary/aromatic N) is 2. The second-order valence-corrected chi connectivity index (χ2v) is 13.1. The largest absolute Gasteiger partial charge is 0.497 e. The van der Waals surface area contributed by atoms with Gasteiger partial charge in [-0.25, -0.2) is 0 Å². The van der Waals surface area contributed by atoms with Gasteiger partial charge < -0.3 is 30.9 Å². The number of nitrogens with two attached hydrogens (primary N) is 1. The molecular formula is C36H45N5O4. The number of carbonyl (C=O) groups is 3. The summed E-state index contributed by atoms with van der Waals surface area (Å²) in [5.74, 6) is 0.184. The van der Waals surface area contributed by atoms with E-state index in [9.17, 15) is 14.4 Å². The first kappa shape index (κ1) is 32.0. The molecule has 1 heterocycles. The average molecular weight is 612 g/mol. The number of ether oxygens (including phenoxy) is 1. The fourth-order valence-electron chi connectivity index (χ4n) is 5.99. The molecule has 0 radical (unpaired) electrons. The molecule has 3 amide bonds. The monoisotopic (exact) mass is 611 g/mol. The van der Waals surface area contributed by atoms with E-state index < -0.39 is 0 Å². The molecule has 9 heteroatoms. The maximum Gasteiger partial charge on any atom is 0.255 e. The van der Waals surface area contributed by atoms with E-state index in [2.05, 4.69) is 36.3 Å². The van der Waals surface area contributed by atoms with E-state index >= 15 is 0 Å². The number of carbonyl (C=O) groups excluding carboxylic acids is 3. The Morgan fingerprint density at radius 3 is 2.11 bits per heavy atom. The summed E-state index contributed by atoms with van der Waals surface area (Å²) in [6.07, 6.45) is 3.51. The maximum absolute atomic E-state index is 13.5. The van der Waals surface area contributed by atoms with Gasteiger partial charge >= 0.3 is 0 Å². The highest BCUT2D eigenvalue weighted by molar-refractivity contribution is 6.07. The van der Waals surface area contributed by atoms with Crippen LogP contribution >= 0.6 is 0 Å². The molecule has 0 atom stereocenters. The smallest absolute Gasteiger partial charge is 0.255 e. The van der Waals surface area contributed by atoms with Crippen molar-refractivity contribution >= 4 is 29.1 Å². The molecule has 1 aliphatic carbocycles. The third-order valence-electron chi connectivity index (χ3n) is 8.85. The lowest BCUT2D eigenvalue weighted by Gasteiger charge is -2.37. The van der Waals surface area contributed by atoms with Crippen molar-refractivity contribution in [2.24, 2.45) is 5.73 Å². The van der Waals surface area contributed by atoms with Crippen LogP contribution in [0.1, 0.15) is 83.1 Å². The minimum Gasteiger partial charge on any atom is -0.497 e. The second-order valence-electron chi connectivity index (χ2n) is 13.1. The number of benzene rings is 3. The zero-order chi connectivity index (χ0) is 32.1. The fourth-order valence-corrected chi connectivity index (χ4v) is 5.99. The van der Waals surface area contributed by atoms with Crippen molar-refractivity contribution in [2.75, 3.05) is 43.5 Å². The van der Waals surface area contributed by atoms with Gasteiger partial charge in [0.2, 0.25) is 0 Å². The number of anilines is 2. The topological polar surface area (TPSA) is 117 Å². The molecule has 1 aliphatic heterocycles. The standard InChI is InChI=1S/C36H45N5O4/c1-36(2,3)27-11-8-24(9-12-27)33(42)39-31-23-25(34(43)38-29-15-13-28(37)14-16-29)10-17-32(31)40-18-20-41(21-19-40)35(44)26-6-5-7-30(22-26)45-4/h5-12,17,22-23,28-29H,13-16,18-21,37H2,1-4H3,(H,38,43)(H,39,42). The molecule has 0 unspecified atom stereocenters. The lowest BCUT2D eigenvalue weighted by Crippen LogP contribution is -2.49. The van der Waals surface area contributed by atoms with Crippen molar-refractivity contribution in [1.29, 1.82) is 0 Å². The second kappa shape index (κ2) is 13.7. The van der Waals surface area contributed by atoms with Gasteiger partial charge in [0.05, 0.1) is 18.5 Å². The molecule has 2 aliphatic rings. The Morgan fingerprint density at radius 2 is 1.47 bits per heavy atom. The van der Waals surface area contributed by atoms with Crippen LogP contribution in [-0.4, -0.2) is 68.0 Å². The SMILES string of the molecule is COc1cccc(C(=O)N2CCN(c3ccc(C(=O)NC4CCC(N)CC4)cc3NC(=O)c3ccc(C(C)(C)C)cc3)CC2)c1. The van der Waals surface area contributed by atoms with E-state index in [-0.39, 0.29) is 35.2 Å². The summed E-state index contributed by atoms with van der Waals surface area (Å²) in [7, 11) is 1.58. The molecular weight excluding hydrogens is 566 g/mol. The highest BCUT2D eigenvalue weighted by Crippen LogP contribution is 2.30. The number of rotatable bonds is 7. The summed E-state index contributed by atoms with van der Waals surface area (Å²) < 4.78 is 5.29. The van der Waals surface area contributed by atoms with Crippen molar-refractivity contribution < 1.29 is 19.1 Å². The molecule has 1 saturated carbocycles. The van der Waals surface area contributed by atoms with E-state index in [1.807, 2.05) is 47.4 Å². The molecule has 2 fully saturated rings. The highest BCUT2D eigenvalue weighted by Gasteiger charge is 2.26. The van der Waals surface area contributed by atoms with Crippen LogP contribution in [0, 0.1) is 0 Å². The fraction of sp³-hybridized carbons (Fsp3) is 0.417. The van der Waals surface area contributed by atoms with Crippen molar-refractivity contribution in [2.45, 2.75) is 64.0 Å². The van der Waals surface area contributed by atoms with Gasteiger partial charge in [-0.15, -0.1) is 0 Å². The molecule has 238 valence electrons. The predicted octanol–water partition coefficient (Wildman–Crippen LogP) is 5.21. The first-order valence-electron chi connectivity index (χ1n) is 15.8. The van der Waals surface area contributed by atoms with Gasteiger partial charge in [0.25, 0.3) is 17.7 Å².